The first-order valence-corrected chi connectivity index (χ1v) is 27.2. The molecular formula is C72H58BN5. The molecule has 5 nitrogen and oxygen atoms in total. The summed E-state index contributed by atoms with van der Waals surface area (Å²) < 4.78 is 2.54. The van der Waals surface area contributed by atoms with E-state index in [9.17, 15) is 0 Å². The number of hydrogen-bond acceptors (Lipinski definition) is 4. The summed E-state index contributed by atoms with van der Waals surface area (Å²) in [6, 6.07) is 81.9. The zero-order chi connectivity index (χ0) is 52.9. The van der Waals surface area contributed by atoms with E-state index in [0.29, 0.717) is 0 Å². The van der Waals surface area contributed by atoms with Crippen LogP contribution in [-0.4, -0.2) is 21.2 Å². The van der Waals surface area contributed by atoms with Crippen LogP contribution in [0.4, 0.5) is 34.1 Å². The standard InChI is InChI=1S/C72H58BN5/c1-71(2,3)55-21-25-57(26-22-55)76-64-31-19-51(49-33-37-74-38-34-49)41-62(64)73-63-42-52(50-35-39-75-40-36-50)20-32-65(63)77(58-27-23-56(24-28-58)72(4,5)6)69-46-59(45-68(76)70(69)73)78-66-43-53(47-13-9-7-10-14-47)17-29-60(66)61-30-18-54(44-67(61)78)48-15-11-8-12-16-48/h7-46H,1-6H3. The highest BCUT2D eigenvalue weighted by atomic mass is 15.2. The maximum atomic E-state index is 4.43. The Kier molecular flexibility index (Phi) is 11.0. The second-order valence-electron chi connectivity index (χ2n) is 23.1. The normalized spacial score (nSPS) is 12.9. The fourth-order valence-electron chi connectivity index (χ4n) is 12.3. The van der Waals surface area contributed by atoms with Crippen molar-refractivity contribution in [3.8, 4) is 50.2 Å². The third kappa shape index (κ3) is 7.93. The molecule has 2 aliphatic rings. The van der Waals surface area contributed by atoms with Crippen LogP contribution in [0.3, 0.4) is 0 Å². The van der Waals surface area contributed by atoms with E-state index in [0.717, 1.165) is 73.1 Å². The van der Waals surface area contributed by atoms with Gasteiger partial charge in [-0.05, 0) is 168 Å². The Morgan fingerprint density at radius 3 is 1.09 bits per heavy atom. The molecule has 0 atom stereocenters. The molecule has 0 spiro atoms. The number of benzene rings is 9. The van der Waals surface area contributed by atoms with E-state index < -0.39 is 0 Å². The quantitative estimate of drug-likeness (QED) is 0.149. The van der Waals surface area contributed by atoms with Crippen molar-refractivity contribution >= 4 is 79.0 Å². The maximum Gasteiger partial charge on any atom is 0.252 e. The lowest BCUT2D eigenvalue weighted by molar-refractivity contribution is 0.590. The first kappa shape index (κ1) is 47.2. The number of aromatic nitrogens is 3. The smallest absolute Gasteiger partial charge is 0.252 e. The van der Waals surface area contributed by atoms with Gasteiger partial charge in [-0.2, -0.15) is 0 Å². The van der Waals surface area contributed by atoms with E-state index in [2.05, 4.69) is 284 Å². The van der Waals surface area contributed by atoms with E-state index >= 15 is 0 Å². The summed E-state index contributed by atoms with van der Waals surface area (Å²) in [4.78, 5) is 14.0. The monoisotopic (exact) mass is 1000 g/mol. The van der Waals surface area contributed by atoms with Gasteiger partial charge in [-0.1, -0.05) is 175 Å². The lowest BCUT2D eigenvalue weighted by Crippen LogP contribution is -2.61. The Bertz CT molecular complexity index is 3980. The van der Waals surface area contributed by atoms with Crippen molar-refractivity contribution in [2.24, 2.45) is 0 Å². The first-order chi connectivity index (χ1) is 37.9. The number of hydrogen-bond donors (Lipinski definition) is 0. The minimum absolute atomic E-state index is 0.0189. The Morgan fingerprint density at radius 1 is 0.321 bits per heavy atom. The number of rotatable bonds is 7. The molecule has 78 heavy (non-hydrogen) atoms. The van der Waals surface area contributed by atoms with E-state index in [-0.39, 0.29) is 17.5 Å². The number of pyridine rings is 2. The number of fused-ring (bicyclic) bond motifs is 7. The van der Waals surface area contributed by atoms with Gasteiger partial charge in [0.2, 0.25) is 0 Å². The van der Waals surface area contributed by atoms with Crippen LogP contribution < -0.4 is 26.2 Å². The van der Waals surface area contributed by atoms with E-state index in [1.165, 1.54) is 60.5 Å². The third-order valence-electron chi connectivity index (χ3n) is 16.3. The van der Waals surface area contributed by atoms with Crippen molar-refractivity contribution < 1.29 is 0 Å². The van der Waals surface area contributed by atoms with Gasteiger partial charge >= 0.3 is 0 Å². The van der Waals surface area contributed by atoms with Crippen molar-refractivity contribution in [1.82, 2.24) is 14.5 Å². The van der Waals surface area contributed by atoms with Crippen LogP contribution in [0.1, 0.15) is 52.7 Å². The summed E-state index contributed by atoms with van der Waals surface area (Å²) in [6.07, 6.45) is 7.58. The van der Waals surface area contributed by atoms with Crippen LogP contribution in [0.2, 0.25) is 0 Å². The van der Waals surface area contributed by atoms with Gasteiger partial charge in [0, 0.05) is 69.7 Å². The zero-order valence-electron chi connectivity index (χ0n) is 44.9. The van der Waals surface area contributed by atoms with Crippen LogP contribution in [0.5, 0.6) is 0 Å². The second kappa shape index (κ2) is 18.2. The van der Waals surface area contributed by atoms with Gasteiger partial charge in [0.1, 0.15) is 0 Å². The number of anilines is 6. The predicted molar refractivity (Wildman–Crippen MR) is 330 cm³/mol. The molecule has 2 aliphatic heterocycles. The molecule has 0 aliphatic carbocycles. The lowest BCUT2D eigenvalue weighted by atomic mass is 9.33. The Morgan fingerprint density at radius 2 is 0.692 bits per heavy atom. The van der Waals surface area contributed by atoms with Gasteiger partial charge < -0.3 is 14.4 Å². The minimum atomic E-state index is -0.139. The molecule has 9 aromatic carbocycles. The fourth-order valence-corrected chi connectivity index (χ4v) is 12.3. The third-order valence-corrected chi connectivity index (χ3v) is 16.3. The van der Waals surface area contributed by atoms with Crippen molar-refractivity contribution in [1.29, 1.82) is 0 Å². The lowest BCUT2D eigenvalue weighted by Gasteiger charge is -2.45. The summed E-state index contributed by atoms with van der Waals surface area (Å²) in [6.45, 7) is 13.6. The van der Waals surface area contributed by atoms with Crippen molar-refractivity contribution in [3.05, 3.63) is 254 Å². The Labute approximate surface area is 457 Å². The highest BCUT2D eigenvalue weighted by molar-refractivity contribution is 7.00. The molecule has 0 radical (unpaired) electrons. The highest BCUT2D eigenvalue weighted by Gasteiger charge is 2.44. The average molecular weight is 1000 g/mol. The molecule has 0 amide bonds. The molecule has 12 aromatic rings. The summed E-state index contributed by atoms with van der Waals surface area (Å²) in [5.74, 6) is 0. The van der Waals surface area contributed by atoms with Gasteiger partial charge in [-0.15, -0.1) is 0 Å². The van der Waals surface area contributed by atoms with Crippen LogP contribution in [0.25, 0.3) is 72.0 Å². The molecule has 0 saturated heterocycles. The molecule has 6 heteroatoms. The molecular weight excluding hydrogens is 946 g/mol. The summed E-state index contributed by atoms with van der Waals surface area (Å²) in [5.41, 5.74) is 25.8. The highest BCUT2D eigenvalue weighted by Crippen LogP contribution is 2.48. The molecule has 0 fully saturated rings. The Balaban J connectivity index is 1.12. The van der Waals surface area contributed by atoms with Crippen molar-refractivity contribution in [2.45, 2.75) is 52.4 Å². The summed E-state index contributed by atoms with van der Waals surface area (Å²) >= 11 is 0. The van der Waals surface area contributed by atoms with Crippen LogP contribution in [0, 0.1) is 0 Å². The largest absolute Gasteiger partial charge is 0.311 e. The van der Waals surface area contributed by atoms with Gasteiger partial charge in [0.15, 0.2) is 0 Å². The topological polar surface area (TPSA) is 37.2 Å². The second-order valence-corrected chi connectivity index (χ2v) is 23.1. The molecule has 0 saturated carbocycles. The number of nitrogens with zero attached hydrogens (tertiary/aromatic N) is 5. The van der Waals surface area contributed by atoms with Gasteiger partial charge in [0.25, 0.3) is 6.71 Å². The Hall–Kier alpha value is -9.26. The molecule has 374 valence electrons. The zero-order valence-corrected chi connectivity index (χ0v) is 44.9. The predicted octanol–water partition coefficient (Wildman–Crippen LogP) is 16.9. The summed E-state index contributed by atoms with van der Waals surface area (Å²) in [7, 11) is 0. The molecule has 0 unspecified atom stereocenters. The summed E-state index contributed by atoms with van der Waals surface area (Å²) in [5, 5.41) is 2.42. The molecule has 5 heterocycles. The molecule has 0 bridgehead atoms. The minimum Gasteiger partial charge on any atom is -0.311 e. The molecule has 14 rings (SSSR count). The molecule has 3 aromatic heterocycles. The van der Waals surface area contributed by atoms with E-state index in [4.69, 9.17) is 0 Å². The SMILES string of the molecule is CC(C)(C)c1ccc(N2c3ccc(-c4ccncc4)cc3B3c4cc(-c5ccncc5)ccc4N(c4ccc(C(C)(C)C)cc4)c4cc(-n5c6cc(-c7ccccc7)ccc6c6ccc(-c7ccccc7)cc65)cc2c43)cc1. The van der Waals surface area contributed by atoms with Gasteiger partial charge in [-0.25, -0.2) is 0 Å². The van der Waals surface area contributed by atoms with Crippen molar-refractivity contribution in [3.63, 3.8) is 0 Å². The van der Waals surface area contributed by atoms with E-state index in [1.807, 2.05) is 24.8 Å². The fraction of sp³-hybridized carbons (Fsp3) is 0.111. The van der Waals surface area contributed by atoms with Gasteiger partial charge in [-0.3, -0.25) is 9.97 Å². The maximum absolute atomic E-state index is 4.43. The van der Waals surface area contributed by atoms with Gasteiger partial charge in [0.05, 0.1) is 16.7 Å². The van der Waals surface area contributed by atoms with Crippen LogP contribution >= 0.6 is 0 Å². The van der Waals surface area contributed by atoms with E-state index in [1.54, 1.807) is 0 Å². The van der Waals surface area contributed by atoms with Crippen LogP contribution in [-0.2, 0) is 10.8 Å². The van der Waals surface area contributed by atoms with Crippen LogP contribution in [0.15, 0.2) is 243 Å². The first-order valence-electron chi connectivity index (χ1n) is 27.2. The average Bonchev–Trinajstić information content (AvgIpc) is 3.93. The van der Waals surface area contributed by atoms with Crippen molar-refractivity contribution in [2.75, 3.05) is 9.80 Å². The molecule has 0 N–H and O–H groups in total.